The first-order valence-electron chi connectivity index (χ1n) is 6.92. The Bertz CT molecular complexity index is 475. The summed E-state index contributed by atoms with van der Waals surface area (Å²) >= 11 is 0. The van der Waals surface area contributed by atoms with Gasteiger partial charge in [0.1, 0.15) is 11.3 Å². The van der Waals surface area contributed by atoms with Crippen LogP contribution in [-0.4, -0.2) is 31.6 Å². The zero-order chi connectivity index (χ0) is 13.8. The van der Waals surface area contributed by atoms with Gasteiger partial charge >= 0.3 is 0 Å². The molecular weight excluding hydrogens is 236 g/mol. The lowest BCUT2D eigenvalue weighted by Crippen LogP contribution is -2.41. The topological polar surface area (TPSA) is 28.4 Å². The predicted molar refractivity (Wildman–Crippen MR) is 80.2 cm³/mol. The zero-order valence-electron chi connectivity index (χ0n) is 12.3. The van der Waals surface area contributed by atoms with Crippen LogP contribution in [0.4, 0.5) is 0 Å². The first-order valence-corrected chi connectivity index (χ1v) is 6.92. The number of rotatable bonds is 6. The fourth-order valence-corrected chi connectivity index (χ4v) is 2.48. The van der Waals surface area contributed by atoms with Crippen molar-refractivity contribution in [2.75, 3.05) is 20.6 Å². The van der Waals surface area contributed by atoms with Crippen LogP contribution >= 0.6 is 0 Å². The van der Waals surface area contributed by atoms with Gasteiger partial charge in [-0.2, -0.15) is 0 Å². The molecule has 3 nitrogen and oxygen atoms in total. The summed E-state index contributed by atoms with van der Waals surface area (Å²) in [5.41, 5.74) is 0.965. The Morgan fingerprint density at radius 2 is 1.95 bits per heavy atom. The van der Waals surface area contributed by atoms with E-state index in [0.717, 1.165) is 24.4 Å². The van der Waals surface area contributed by atoms with Crippen molar-refractivity contribution in [3.63, 3.8) is 0 Å². The molecule has 1 N–H and O–H groups in total. The lowest BCUT2D eigenvalue weighted by molar-refractivity contribution is 0.223. The molecular formula is C16H24N2O. The van der Waals surface area contributed by atoms with E-state index < -0.39 is 0 Å². The molecule has 1 atom stereocenters. The molecule has 0 bridgehead atoms. The lowest BCUT2D eigenvalue weighted by Gasteiger charge is -2.28. The Morgan fingerprint density at radius 3 is 2.58 bits per heavy atom. The summed E-state index contributed by atoms with van der Waals surface area (Å²) in [7, 11) is 4.26. The normalized spacial score (nSPS) is 13.6. The molecule has 0 saturated heterocycles. The van der Waals surface area contributed by atoms with Crippen LogP contribution in [-0.2, 0) is 6.54 Å². The van der Waals surface area contributed by atoms with E-state index in [9.17, 15) is 0 Å². The van der Waals surface area contributed by atoms with Crippen LogP contribution in [0, 0.1) is 5.92 Å². The minimum absolute atomic E-state index is 0.546. The van der Waals surface area contributed by atoms with E-state index >= 15 is 0 Å². The molecule has 0 aliphatic rings. The summed E-state index contributed by atoms with van der Waals surface area (Å²) in [5.74, 6) is 1.64. The van der Waals surface area contributed by atoms with E-state index in [1.165, 1.54) is 5.39 Å². The van der Waals surface area contributed by atoms with Gasteiger partial charge in [0, 0.05) is 18.0 Å². The van der Waals surface area contributed by atoms with Gasteiger partial charge in [-0.1, -0.05) is 32.0 Å². The average Bonchev–Trinajstić information content (AvgIpc) is 2.76. The molecule has 2 rings (SSSR count). The third kappa shape index (κ3) is 3.58. The second-order valence-corrected chi connectivity index (χ2v) is 5.66. The predicted octanol–water partition coefficient (Wildman–Crippen LogP) is 3.11. The second-order valence-electron chi connectivity index (χ2n) is 5.66. The van der Waals surface area contributed by atoms with Crippen LogP contribution in [0.1, 0.15) is 19.6 Å². The Labute approximate surface area is 115 Å². The largest absolute Gasteiger partial charge is 0.460 e. The highest BCUT2D eigenvalue weighted by Gasteiger charge is 2.15. The first kappa shape index (κ1) is 14.1. The number of likely N-dealkylation sites (N-methyl/N-ethyl adjacent to an activating group) is 1. The van der Waals surface area contributed by atoms with Crippen LogP contribution in [0.3, 0.4) is 0 Å². The maximum Gasteiger partial charge on any atom is 0.134 e. The van der Waals surface area contributed by atoms with Gasteiger partial charge < -0.3 is 14.6 Å². The molecule has 0 radical (unpaired) electrons. The second kappa shape index (κ2) is 6.22. The zero-order valence-corrected chi connectivity index (χ0v) is 12.3. The molecule has 0 aliphatic carbocycles. The highest BCUT2D eigenvalue weighted by atomic mass is 16.3. The number of nitrogens with zero attached hydrogens (tertiary/aromatic N) is 1. The first-order chi connectivity index (χ1) is 9.08. The Balaban J connectivity index is 1.91. The maximum atomic E-state index is 5.79. The fraction of sp³-hybridized carbons (Fsp3) is 0.500. The molecule has 0 amide bonds. The fourth-order valence-electron chi connectivity index (χ4n) is 2.48. The molecule has 1 aromatic heterocycles. The molecule has 0 aliphatic heterocycles. The summed E-state index contributed by atoms with van der Waals surface area (Å²) in [6.07, 6.45) is 0. The molecule has 0 fully saturated rings. The van der Waals surface area contributed by atoms with Gasteiger partial charge in [-0.3, -0.25) is 0 Å². The Kier molecular flexibility index (Phi) is 4.61. The Hall–Kier alpha value is -1.32. The molecule has 104 valence electrons. The van der Waals surface area contributed by atoms with Crippen molar-refractivity contribution in [1.29, 1.82) is 0 Å². The van der Waals surface area contributed by atoms with Crippen LogP contribution in [0.25, 0.3) is 11.0 Å². The number of hydrogen-bond donors (Lipinski definition) is 1. The van der Waals surface area contributed by atoms with Gasteiger partial charge in [-0.25, -0.2) is 0 Å². The number of hydrogen-bond acceptors (Lipinski definition) is 3. The molecule has 1 unspecified atom stereocenters. The summed E-state index contributed by atoms with van der Waals surface area (Å²) in [5, 5.41) is 4.66. The van der Waals surface area contributed by atoms with Crippen LogP contribution in [0.2, 0.25) is 0 Å². The van der Waals surface area contributed by atoms with Crippen LogP contribution in [0.5, 0.6) is 0 Å². The average molecular weight is 260 g/mol. The third-order valence-corrected chi connectivity index (χ3v) is 3.56. The van der Waals surface area contributed by atoms with E-state index in [-0.39, 0.29) is 0 Å². The van der Waals surface area contributed by atoms with Gasteiger partial charge in [-0.15, -0.1) is 0 Å². The number of para-hydroxylation sites is 1. The van der Waals surface area contributed by atoms with Crippen molar-refractivity contribution in [3.8, 4) is 0 Å². The van der Waals surface area contributed by atoms with Crippen molar-refractivity contribution in [3.05, 3.63) is 36.1 Å². The quantitative estimate of drug-likeness (QED) is 0.865. The smallest absolute Gasteiger partial charge is 0.134 e. The molecule has 0 saturated carbocycles. The SMILES string of the molecule is CC(C)C(CNCc1cc2ccccc2o1)N(C)C. The van der Waals surface area contributed by atoms with Crippen LogP contribution < -0.4 is 5.32 Å². The van der Waals surface area contributed by atoms with E-state index in [1.54, 1.807) is 0 Å². The van der Waals surface area contributed by atoms with E-state index in [4.69, 9.17) is 4.42 Å². The molecule has 19 heavy (non-hydrogen) atoms. The van der Waals surface area contributed by atoms with Gasteiger partial charge in [0.25, 0.3) is 0 Å². The molecule has 1 aromatic carbocycles. The summed E-state index contributed by atoms with van der Waals surface area (Å²) in [6.45, 7) is 6.27. The highest BCUT2D eigenvalue weighted by molar-refractivity contribution is 5.77. The molecule has 1 heterocycles. The number of benzene rings is 1. The van der Waals surface area contributed by atoms with Gasteiger partial charge in [0.2, 0.25) is 0 Å². The minimum Gasteiger partial charge on any atom is -0.460 e. The minimum atomic E-state index is 0.546. The lowest BCUT2D eigenvalue weighted by atomic mass is 10.0. The molecule has 3 heteroatoms. The number of furan rings is 1. The number of fused-ring (bicyclic) bond motifs is 1. The van der Waals surface area contributed by atoms with Crippen molar-refractivity contribution < 1.29 is 4.42 Å². The van der Waals surface area contributed by atoms with Crippen molar-refractivity contribution in [2.24, 2.45) is 5.92 Å². The monoisotopic (exact) mass is 260 g/mol. The maximum absolute atomic E-state index is 5.79. The van der Waals surface area contributed by atoms with Crippen molar-refractivity contribution in [1.82, 2.24) is 10.2 Å². The third-order valence-electron chi connectivity index (χ3n) is 3.56. The van der Waals surface area contributed by atoms with Gasteiger partial charge in [-0.05, 0) is 32.1 Å². The highest BCUT2D eigenvalue weighted by Crippen LogP contribution is 2.18. The molecule has 2 aromatic rings. The van der Waals surface area contributed by atoms with E-state index in [2.05, 4.69) is 50.3 Å². The van der Waals surface area contributed by atoms with Crippen LogP contribution in [0.15, 0.2) is 34.7 Å². The van der Waals surface area contributed by atoms with E-state index in [0.29, 0.717) is 12.0 Å². The van der Waals surface area contributed by atoms with Gasteiger partial charge in [0.05, 0.1) is 6.54 Å². The molecule has 0 spiro atoms. The van der Waals surface area contributed by atoms with Crippen molar-refractivity contribution >= 4 is 11.0 Å². The summed E-state index contributed by atoms with van der Waals surface area (Å²) in [4.78, 5) is 2.27. The van der Waals surface area contributed by atoms with E-state index in [1.807, 2.05) is 18.2 Å². The summed E-state index contributed by atoms with van der Waals surface area (Å²) < 4.78 is 5.79. The number of nitrogens with one attached hydrogen (secondary N) is 1. The van der Waals surface area contributed by atoms with Crippen molar-refractivity contribution in [2.45, 2.75) is 26.4 Å². The Morgan fingerprint density at radius 1 is 1.21 bits per heavy atom. The van der Waals surface area contributed by atoms with Gasteiger partial charge in [0.15, 0.2) is 0 Å². The summed E-state index contributed by atoms with van der Waals surface area (Å²) in [6, 6.07) is 10.8. The standard InChI is InChI=1S/C16H24N2O/c1-12(2)15(18(3)4)11-17-10-14-9-13-7-5-6-8-16(13)19-14/h5-9,12,15,17H,10-11H2,1-4H3.